The summed E-state index contributed by atoms with van der Waals surface area (Å²) in [5, 5.41) is 2.70. The van der Waals surface area contributed by atoms with Crippen molar-refractivity contribution < 1.29 is 9.53 Å². The highest BCUT2D eigenvalue weighted by Gasteiger charge is 2.15. The zero-order valence-electron chi connectivity index (χ0n) is 13.4. The Labute approximate surface area is 125 Å². The number of hydrogen-bond donors (Lipinski definition) is 1. The molecule has 0 radical (unpaired) electrons. The summed E-state index contributed by atoms with van der Waals surface area (Å²) in [5.41, 5.74) is 6.15. The number of hydrogen-bond acceptors (Lipinski definition) is 3. The third kappa shape index (κ3) is 2.77. The van der Waals surface area contributed by atoms with Crippen molar-refractivity contribution in [3.8, 4) is 5.69 Å². The molecule has 1 amide bonds. The first-order valence-corrected chi connectivity index (χ1v) is 6.84. The molecule has 0 fully saturated rings. The largest absolute Gasteiger partial charge is 0.453 e. The van der Waals surface area contributed by atoms with E-state index in [-0.39, 0.29) is 0 Å². The van der Waals surface area contributed by atoms with Gasteiger partial charge in [0.15, 0.2) is 0 Å². The number of anilines is 1. The molecule has 1 N–H and O–H groups in total. The molecule has 0 aliphatic heterocycles. The summed E-state index contributed by atoms with van der Waals surface area (Å²) in [7, 11) is 1.35. The number of benzene rings is 1. The number of nitrogens with one attached hydrogen (secondary N) is 1. The van der Waals surface area contributed by atoms with Gasteiger partial charge in [-0.15, -0.1) is 0 Å². The maximum Gasteiger partial charge on any atom is 0.411 e. The lowest BCUT2D eigenvalue weighted by molar-refractivity contribution is 0.187. The number of aryl methyl sites for hydroxylation is 4. The van der Waals surface area contributed by atoms with Crippen LogP contribution in [0.25, 0.3) is 5.69 Å². The smallest absolute Gasteiger partial charge is 0.411 e. The highest BCUT2D eigenvalue weighted by Crippen LogP contribution is 2.27. The summed E-state index contributed by atoms with van der Waals surface area (Å²) in [4.78, 5) is 15.8. The van der Waals surface area contributed by atoms with Gasteiger partial charge in [0.2, 0.25) is 0 Å². The monoisotopic (exact) mass is 287 g/mol. The highest BCUT2D eigenvalue weighted by atomic mass is 16.5. The molecule has 1 aromatic carbocycles. The maximum absolute atomic E-state index is 11.3. The standard InChI is InChI=1S/C16H21N3O2/c1-9-7-14(18-16(20)21-6)8-10(2)15(9)19-12(4)11(3)17-13(19)5/h7-8H,1-6H3,(H,18,20). The summed E-state index contributed by atoms with van der Waals surface area (Å²) >= 11 is 0. The van der Waals surface area contributed by atoms with Gasteiger partial charge < -0.3 is 9.30 Å². The molecule has 1 aromatic heterocycles. The van der Waals surface area contributed by atoms with E-state index in [1.54, 1.807) is 0 Å². The number of rotatable bonds is 2. The molecule has 1 heterocycles. The summed E-state index contributed by atoms with van der Waals surface area (Å²) in [6, 6.07) is 3.88. The Bertz CT molecular complexity index is 679. The summed E-state index contributed by atoms with van der Waals surface area (Å²) in [6.07, 6.45) is -0.465. The van der Waals surface area contributed by atoms with Crippen molar-refractivity contribution >= 4 is 11.8 Å². The van der Waals surface area contributed by atoms with E-state index >= 15 is 0 Å². The van der Waals surface area contributed by atoms with Gasteiger partial charge in [0.05, 0.1) is 18.5 Å². The van der Waals surface area contributed by atoms with E-state index in [0.29, 0.717) is 0 Å². The Balaban J connectivity index is 2.54. The number of carbonyl (C=O) groups is 1. The summed E-state index contributed by atoms with van der Waals surface area (Å²) in [5.74, 6) is 0.963. The molecule has 0 bridgehead atoms. The first-order chi connectivity index (χ1) is 9.85. The van der Waals surface area contributed by atoms with Crippen molar-refractivity contribution in [1.29, 1.82) is 0 Å². The molecule has 5 heteroatoms. The number of amides is 1. The molecule has 0 atom stereocenters. The second-order valence-corrected chi connectivity index (χ2v) is 5.24. The first kappa shape index (κ1) is 15.1. The Hall–Kier alpha value is -2.30. The molecular weight excluding hydrogens is 266 g/mol. The Morgan fingerprint density at radius 1 is 1.14 bits per heavy atom. The van der Waals surface area contributed by atoms with Crippen molar-refractivity contribution in [3.05, 3.63) is 40.5 Å². The average molecular weight is 287 g/mol. The van der Waals surface area contributed by atoms with E-state index in [4.69, 9.17) is 0 Å². The maximum atomic E-state index is 11.3. The van der Waals surface area contributed by atoms with E-state index in [1.807, 2.05) is 39.8 Å². The molecule has 0 unspecified atom stereocenters. The summed E-state index contributed by atoms with van der Waals surface area (Å²) < 4.78 is 6.78. The van der Waals surface area contributed by atoms with Gasteiger partial charge in [-0.1, -0.05) is 0 Å². The quantitative estimate of drug-likeness (QED) is 0.918. The predicted molar refractivity (Wildman–Crippen MR) is 83.3 cm³/mol. The molecule has 21 heavy (non-hydrogen) atoms. The number of imidazole rings is 1. The third-order valence-electron chi connectivity index (χ3n) is 3.66. The van der Waals surface area contributed by atoms with Gasteiger partial charge in [0, 0.05) is 11.4 Å². The van der Waals surface area contributed by atoms with Crippen LogP contribution in [0.3, 0.4) is 0 Å². The number of aromatic nitrogens is 2. The van der Waals surface area contributed by atoms with Crippen molar-refractivity contribution in [2.24, 2.45) is 0 Å². The van der Waals surface area contributed by atoms with Crippen LogP contribution in [0.15, 0.2) is 12.1 Å². The number of ether oxygens (including phenoxy) is 1. The second kappa shape index (κ2) is 5.60. The van der Waals surface area contributed by atoms with Crippen LogP contribution < -0.4 is 5.32 Å². The molecule has 112 valence electrons. The molecule has 0 saturated carbocycles. The van der Waals surface area contributed by atoms with Crippen LogP contribution in [0.4, 0.5) is 10.5 Å². The normalized spacial score (nSPS) is 10.6. The molecule has 0 aliphatic carbocycles. The van der Waals surface area contributed by atoms with Crippen LogP contribution in [0.2, 0.25) is 0 Å². The van der Waals surface area contributed by atoms with Crippen LogP contribution in [0, 0.1) is 34.6 Å². The molecule has 0 spiro atoms. The van der Waals surface area contributed by atoms with E-state index in [0.717, 1.165) is 39.7 Å². The van der Waals surface area contributed by atoms with Gasteiger partial charge in [-0.3, -0.25) is 5.32 Å². The van der Waals surface area contributed by atoms with Gasteiger partial charge >= 0.3 is 6.09 Å². The molecule has 2 rings (SSSR count). The zero-order chi connectivity index (χ0) is 15.7. The number of methoxy groups -OCH3 is 1. The topological polar surface area (TPSA) is 56.1 Å². The van der Waals surface area contributed by atoms with Crippen LogP contribution in [0.5, 0.6) is 0 Å². The Morgan fingerprint density at radius 2 is 1.71 bits per heavy atom. The lowest BCUT2D eigenvalue weighted by atomic mass is 10.1. The summed E-state index contributed by atoms with van der Waals surface area (Å²) in [6.45, 7) is 10.1. The van der Waals surface area contributed by atoms with E-state index in [9.17, 15) is 4.79 Å². The predicted octanol–water partition coefficient (Wildman–Crippen LogP) is 3.59. The van der Waals surface area contributed by atoms with Gasteiger partial charge in [0.25, 0.3) is 0 Å². The second-order valence-electron chi connectivity index (χ2n) is 5.24. The minimum absolute atomic E-state index is 0.465. The van der Waals surface area contributed by atoms with Crippen molar-refractivity contribution in [2.75, 3.05) is 12.4 Å². The van der Waals surface area contributed by atoms with E-state index in [1.165, 1.54) is 7.11 Å². The van der Waals surface area contributed by atoms with Gasteiger partial charge in [-0.2, -0.15) is 0 Å². The fourth-order valence-electron chi connectivity index (χ4n) is 2.66. The molecule has 0 saturated heterocycles. The highest BCUT2D eigenvalue weighted by molar-refractivity contribution is 5.85. The van der Waals surface area contributed by atoms with Crippen LogP contribution in [-0.2, 0) is 4.74 Å². The molecule has 2 aromatic rings. The Kier molecular flexibility index (Phi) is 4.02. The average Bonchev–Trinajstić information content (AvgIpc) is 2.64. The number of nitrogens with zero attached hydrogens (tertiary/aromatic N) is 2. The van der Waals surface area contributed by atoms with E-state index in [2.05, 4.69) is 26.5 Å². The fourth-order valence-corrected chi connectivity index (χ4v) is 2.66. The first-order valence-electron chi connectivity index (χ1n) is 6.84. The van der Waals surface area contributed by atoms with Gasteiger partial charge in [-0.05, 0) is 57.9 Å². The molecule has 5 nitrogen and oxygen atoms in total. The molecule has 0 aliphatic rings. The van der Waals surface area contributed by atoms with Gasteiger partial charge in [-0.25, -0.2) is 9.78 Å². The third-order valence-corrected chi connectivity index (χ3v) is 3.66. The fraction of sp³-hybridized carbons (Fsp3) is 0.375. The van der Waals surface area contributed by atoms with Crippen molar-refractivity contribution in [1.82, 2.24) is 9.55 Å². The zero-order valence-corrected chi connectivity index (χ0v) is 13.4. The van der Waals surface area contributed by atoms with Crippen LogP contribution >= 0.6 is 0 Å². The van der Waals surface area contributed by atoms with Crippen molar-refractivity contribution in [2.45, 2.75) is 34.6 Å². The SMILES string of the molecule is COC(=O)Nc1cc(C)c(-n2c(C)nc(C)c2C)c(C)c1. The van der Waals surface area contributed by atoms with E-state index < -0.39 is 6.09 Å². The van der Waals surface area contributed by atoms with Gasteiger partial charge in [0.1, 0.15) is 5.82 Å². The minimum atomic E-state index is -0.465. The Morgan fingerprint density at radius 3 is 2.14 bits per heavy atom. The van der Waals surface area contributed by atoms with Crippen LogP contribution in [0.1, 0.15) is 28.3 Å². The molecular formula is C16H21N3O2. The lowest BCUT2D eigenvalue weighted by Crippen LogP contribution is -2.12. The van der Waals surface area contributed by atoms with Crippen molar-refractivity contribution in [3.63, 3.8) is 0 Å². The number of carbonyl (C=O) groups excluding carboxylic acids is 1. The van der Waals surface area contributed by atoms with Crippen LogP contribution in [-0.4, -0.2) is 22.8 Å². The lowest BCUT2D eigenvalue weighted by Gasteiger charge is -2.16. The minimum Gasteiger partial charge on any atom is -0.453 e.